The number of carbonyl (C=O) groups is 1. The molecule has 0 spiro atoms. The highest BCUT2D eigenvalue weighted by Gasteiger charge is 2.17. The van der Waals surface area contributed by atoms with E-state index in [0.29, 0.717) is 5.75 Å². The number of anilines is 1. The van der Waals surface area contributed by atoms with Crippen molar-refractivity contribution in [3.05, 3.63) is 18.3 Å². The molecule has 2 rings (SSSR count). The third-order valence-corrected chi connectivity index (χ3v) is 2.68. The van der Waals surface area contributed by atoms with Crippen molar-refractivity contribution in [2.75, 3.05) is 24.6 Å². The van der Waals surface area contributed by atoms with E-state index in [2.05, 4.69) is 9.88 Å². The van der Waals surface area contributed by atoms with E-state index in [-0.39, 0.29) is 12.5 Å². The highest BCUT2D eigenvalue weighted by molar-refractivity contribution is 5.77. The van der Waals surface area contributed by atoms with E-state index in [9.17, 15) is 4.79 Å². The Labute approximate surface area is 99.7 Å². The van der Waals surface area contributed by atoms with Crippen LogP contribution in [0.3, 0.4) is 0 Å². The van der Waals surface area contributed by atoms with Crippen LogP contribution in [0.2, 0.25) is 0 Å². The monoisotopic (exact) mass is 236 g/mol. The number of nitrogens with two attached hydrogens (primary N) is 1. The highest BCUT2D eigenvalue weighted by Crippen LogP contribution is 2.27. The molecular formula is C11H16N4O2. The van der Waals surface area contributed by atoms with Crippen molar-refractivity contribution in [3.8, 4) is 5.75 Å². The molecule has 92 valence electrons. The fraction of sp³-hybridized carbons (Fsp3) is 0.455. The number of nitrogens with zero attached hydrogens (tertiary/aromatic N) is 2. The Hall–Kier alpha value is -1.82. The van der Waals surface area contributed by atoms with Crippen LogP contribution >= 0.6 is 0 Å². The van der Waals surface area contributed by atoms with Gasteiger partial charge in [0.15, 0.2) is 18.2 Å². The molecule has 0 aromatic carbocycles. The lowest BCUT2D eigenvalue weighted by molar-refractivity contribution is -0.123. The van der Waals surface area contributed by atoms with Crippen LogP contribution in [0.15, 0.2) is 18.3 Å². The summed E-state index contributed by atoms with van der Waals surface area (Å²) in [6.45, 7) is 1.87. The van der Waals surface area contributed by atoms with Crippen LogP contribution in [0, 0.1) is 0 Å². The molecule has 0 atom stereocenters. The van der Waals surface area contributed by atoms with E-state index in [0.717, 1.165) is 18.9 Å². The number of rotatable bonds is 4. The SMILES string of the molecule is NNC(=O)COc1cccnc1N1CCCC1. The van der Waals surface area contributed by atoms with E-state index < -0.39 is 0 Å². The van der Waals surface area contributed by atoms with E-state index >= 15 is 0 Å². The molecule has 1 saturated heterocycles. The Morgan fingerprint density at radius 1 is 1.53 bits per heavy atom. The van der Waals surface area contributed by atoms with Gasteiger partial charge in [0.1, 0.15) is 0 Å². The van der Waals surface area contributed by atoms with Crippen molar-refractivity contribution in [3.63, 3.8) is 0 Å². The second-order valence-electron chi connectivity index (χ2n) is 3.88. The molecule has 0 radical (unpaired) electrons. The molecule has 0 aliphatic carbocycles. The molecule has 1 amide bonds. The highest BCUT2D eigenvalue weighted by atomic mass is 16.5. The van der Waals surface area contributed by atoms with Gasteiger partial charge >= 0.3 is 0 Å². The zero-order valence-electron chi connectivity index (χ0n) is 9.56. The number of aromatic nitrogens is 1. The second-order valence-corrected chi connectivity index (χ2v) is 3.88. The predicted octanol–water partition coefficient (Wildman–Crippen LogP) is 0.0505. The van der Waals surface area contributed by atoms with Gasteiger partial charge in [-0.1, -0.05) is 0 Å². The summed E-state index contributed by atoms with van der Waals surface area (Å²) < 4.78 is 5.41. The molecule has 0 unspecified atom stereocenters. The first-order valence-electron chi connectivity index (χ1n) is 5.63. The summed E-state index contributed by atoms with van der Waals surface area (Å²) in [7, 11) is 0. The largest absolute Gasteiger partial charge is 0.480 e. The summed E-state index contributed by atoms with van der Waals surface area (Å²) in [4.78, 5) is 17.5. The lowest BCUT2D eigenvalue weighted by atomic mass is 10.4. The Morgan fingerprint density at radius 2 is 2.29 bits per heavy atom. The zero-order chi connectivity index (χ0) is 12.1. The van der Waals surface area contributed by atoms with Crippen molar-refractivity contribution in [1.82, 2.24) is 10.4 Å². The molecule has 1 aromatic heterocycles. The molecule has 1 aromatic rings. The number of hydrogen-bond donors (Lipinski definition) is 2. The average molecular weight is 236 g/mol. The minimum Gasteiger partial charge on any atom is -0.480 e. The van der Waals surface area contributed by atoms with Crippen LogP contribution in [-0.2, 0) is 4.79 Å². The first kappa shape index (κ1) is 11.7. The molecule has 1 fully saturated rings. The summed E-state index contributed by atoms with van der Waals surface area (Å²) in [6.07, 6.45) is 4.06. The minimum atomic E-state index is -0.360. The molecular weight excluding hydrogens is 220 g/mol. The molecule has 2 heterocycles. The van der Waals surface area contributed by atoms with E-state index in [1.807, 2.05) is 11.5 Å². The maximum absolute atomic E-state index is 11.0. The number of ether oxygens (including phenoxy) is 1. The third kappa shape index (κ3) is 2.85. The summed E-state index contributed by atoms with van der Waals surface area (Å²) >= 11 is 0. The fourth-order valence-corrected chi connectivity index (χ4v) is 1.85. The summed E-state index contributed by atoms with van der Waals surface area (Å²) in [6, 6.07) is 3.60. The normalized spacial score (nSPS) is 14.8. The van der Waals surface area contributed by atoms with Gasteiger partial charge in [-0.3, -0.25) is 10.2 Å². The molecule has 6 nitrogen and oxygen atoms in total. The molecule has 0 saturated carbocycles. The van der Waals surface area contributed by atoms with E-state index in [4.69, 9.17) is 10.6 Å². The van der Waals surface area contributed by atoms with Crippen molar-refractivity contribution < 1.29 is 9.53 Å². The smallest absolute Gasteiger partial charge is 0.271 e. The Balaban J connectivity index is 2.07. The average Bonchev–Trinajstić information content (AvgIpc) is 2.90. The maximum Gasteiger partial charge on any atom is 0.271 e. The minimum absolute atomic E-state index is 0.0942. The number of carbonyl (C=O) groups excluding carboxylic acids is 1. The van der Waals surface area contributed by atoms with Crippen LogP contribution in [0.25, 0.3) is 0 Å². The van der Waals surface area contributed by atoms with Gasteiger partial charge < -0.3 is 9.64 Å². The van der Waals surface area contributed by atoms with Crippen molar-refractivity contribution >= 4 is 11.7 Å². The molecule has 6 heteroatoms. The lowest BCUT2D eigenvalue weighted by Crippen LogP contribution is -2.34. The van der Waals surface area contributed by atoms with Crippen LogP contribution < -0.4 is 20.9 Å². The topological polar surface area (TPSA) is 80.5 Å². The van der Waals surface area contributed by atoms with Gasteiger partial charge in [-0.05, 0) is 25.0 Å². The predicted molar refractivity (Wildman–Crippen MR) is 63.5 cm³/mol. The van der Waals surface area contributed by atoms with E-state index in [1.165, 1.54) is 12.8 Å². The Morgan fingerprint density at radius 3 is 3.00 bits per heavy atom. The van der Waals surface area contributed by atoms with Gasteiger partial charge in [-0.2, -0.15) is 0 Å². The van der Waals surface area contributed by atoms with Crippen LogP contribution in [0.1, 0.15) is 12.8 Å². The second kappa shape index (κ2) is 5.49. The summed E-state index contributed by atoms with van der Waals surface area (Å²) in [5, 5.41) is 0. The van der Waals surface area contributed by atoms with Crippen LogP contribution in [0.4, 0.5) is 5.82 Å². The van der Waals surface area contributed by atoms with Gasteiger partial charge in [0.25, 0.3) is 5.91 Å². The van der Waals surface area contributed by atoms with Crippen molar-refractivity contribution in [2.24, 2.45) is 5.84 Å². The first-order valence-corrected chi connectivity index (χ1v) is 5.63. The quantitative estimate of drug-likeness (QED) is 0.438. The maximum atomic E-state index is 11.0. The fourth-order valence-electron chi connectivity index (χ4n) is 1.85. The number of hydrogen-bond acceptors (Lipinski definition) is 5. The number of amides is 1. The van der Waals surface area contributed by atoms with Gasteiger partial charge in [-0.15, -0.1) is 0 Å². The first-order chi connectivity index (χ1) is 8.31. The lowest BCUT2D eigenvalue weighted by Gasteiger charge is -2.19. The molecule has 1 aliphatic rings. The number of hydrazine groups is 1. The third-order valence-electron chi connectivity index (χ3n) is 2.68. The van der Waals surface area contributed by atoms with Crippen molar-refractivity contribution in [1.29, 1.82) is 0 Å². The molecule has 0 bridgehead atoms. The zero-order valence-corrected chi connectivity index (χ0v) is 9.56. The van der Waals surface area contributed by atoms with Crippen LogP contribution in [0.5, 0.6) is 5.75 Å². The molecule has 1 aliphatic heterocycles. The van der Waals surface area contributed by atoms with Gasteiger partial charge in [0.2, 0.25) is 0 Å². The Kier molecular flexibility index (Phi) is 3.77. The van der Waals surface area contributed by atoms with Gasteiger partial charge in [0.05, 0.1) is 0 Å². The van der Waals surface area contributed by atoms with Gasteiger partial charge in [0, 0.05) is 19.3 Å². The summed E-state index contributed by atoms with van der Waals surface area (Å²) in [5.41, 5.74) is 2.03. The summed E-state index contributed by atoms with van der Waals surface area (Å²) in [5.74, 6) is 6.05. The molecule has 17 heavy (non-hydrogen) atoms. The van der Waals surface area contributed by atoms with Crippen LogP contribution in [-0.4, -0.2) is 30.6 Å². The van der Waals surface area contributed by atoms with Gasteiger partial charge in [-0.25, -0.2) is 10.8 Å². The molecule has 3 N–H and O–H groups in total. The van der Waals surface area contributed by atoms with E-state index in [1.54, 1.807) is 12.3 Å². The number of pyridine rings is 1. The standard InChI is InChI=1S/C11H16N4O2/c12-14-10(16)8-17-9-4-3-5-13-11(9)15-6-1-2-7-15/h3-5H,1-2,6-8,12H2,(H,14,16). The number of nitrogens with one attached hydrogen (secondary N) is 1. The van der Waals surface area contributed by atoms with Crippen molar-refractivity contribution in [2.45, 2.75) is 12.8 Å². The Bertz CT molecular complexity index is 391.